The normalized spacial score (nSPS) is 24.0. The van der Waals surface area contributed by atoms with Gasteiger partial charge in [-0.25, -0.2) is 13.1 Å². The molecule has 0 radical (unpaired) electrons. The first-order chi connectivity index (χ1) is 11.5. The first-order valence-electron chi connectivity index (χ1n) is 8.77. The van der Waals surface area contributed by atoms with Crippen molar-refractivity contribution in [2.75, 3.05) is 12.4 Å². The van der Waals surface area contributed by atoms with E-state index in [1.807, 2.05) is 18.2 Å². The van der Waals surface area contributed by atoms with Crippen molar-refractivity contribution in [2.24, 2.45) is 5.92 Å². The van der Waals surface area contributed by atoms with Gasteiger partial charge in [-0.15, -0.1) is 0 Å². The summed E-state index contributed by atoms with van der Waals surface area (Å²) < 4.78 is 32.5. The number of nitrogens with one attached hydrogen (secondary N) is 1. The number of rotatable bonds is 6. The number of benzene rings is 1. The zero-order valence-electron chi connectivity index (χ0n) is 14.1. The van der Waals surface area contributed by atoms with Gasteiger partial charge in [0.1, 0.15) is 5.75 Å². The SMILES string of the molecule is CCS(=O)(=O)N[C@@H]1CCCC[C@H]1COc1ccc2c(c1)C(=O)CC2. The van der Waals surface area contributed by atoms with Crippen LogP contribution in [0.1, 0.15) is 54.9 Å². The van der Waals surface area contributed by atoms with Crippen molar-refractivity contribution < 1.29 is 17.9 Å². The van der Waals surface area contributed by atoms with Gasteiger partial charge in [0.2, 0.25) is 10.0 Å². The molecular formula is C18H25NO4S. The van der Waals surface area contributed by atoms with Gasteiger partial charge in [0.15, 0.2) is 5.78 Å². The summed E-state index contributed by atoms with van der Waals surface area (Å²) in [5.74, 6) is 1.15. The van der Waals surface area contributed by atoms with E-state index in [0.29, 0.717) is 18.8 Å². The van der Waals surface area contributed by atoms with Gasteiger partial charge in [-0.2, -0.15) is 0 Å². The van der Waals surface area contributed by atoms with Crippen LogP contribution in [0.15, 0.2) is 18.2 Å². The third-order valence-electron chi connectivity index (χ3n) is 5.09. The van der Waals surface area contributed by atoms with Gasteiger partial charge in [-0.1, -0.05) is 18.9 Å². The maximum absolute atomic E-state index is 11.9. The Kier molecular flexibility index (Phi) is 5.25. The van der Waals surface area contributed by atoms with E-state index in [4.69, 9.17) is 4.74 Å². The van der Waals surface area contributed by atoms with E-state index in [0.717, 1.165) is 43.2 Å². The number of Topliss-reactive ketones (excluding diaryl/α,β-unsaturated/α-hetero) is 1. The third-order valence-corrected chi connectivity index (χ3v) is 6.51. The molecule has 0 unspecified atom stereocenters. The Morgan fingerprint density at radius 3 is 2.79 bits per heavy atom. The molecule has 0 aromatic heterocycles. The molecule has 1 fully saturated rings. The highest BCUT2D eigenvalue weighted by molar-refractivity contribution is 7.89. The molecule has 6 heteroatoms. The van der Waals surface area contributed by atoms with Crippen LogP contribution in [0.2, 0.25) is 0 Å². The Labute approximate surface area is 143 Å². The van der Waals surface area contributed by atoms with Crippen LogP contribution in [0.3, 0.4) is 0 Å². The molecule has 1 aromatic rings. The summed E-state index contributed by atoms with van der Waals surface area (Å²) in [5.41, 5.74) is 1.87. The topological polar surface area (TPSA) is 72.5 Å². The second-order valence-electron chi connectivity index (χ2n) is 6.73. The highest BCUT2D eigenvalue weighted by Gasteiger charge is 2.29. The quantitative estimate of drug-likeness (QED) is 0.855. The number of fused-ring (bicyclic) bond motifs is 1. The minimum Gasteiger partial charge on any atom is -0.493 e. The molecule has 1 saturated carbocycles. The smallest absolute Gasteiger partial charge is 0.211 e. The summed E-state index contributed by atoms with van der Waals surface area (Å²) in [6, 6.07) is 5.65. The third kappa shape index (κ3) is 3.98. The second kappa shape index (κ2) is 7.23. The van der Waals surface area contributed by atoms with Gasteiger partial charge in [0.05, 0.1) is 12.4 Å². The number of hydrogen-bond acceptors (Lipinski definition) is 4. The minimum atomic E-state index is -3.20. The standard InChI is InChI=1S/C18H25NO4S/c1-2-24(21,22)19-17-6-4-3-5-14(17)12-23-15-9-7-13-8-10-18(20)16(13)11-15/h7,9,11,14,17,19H,2-6,8,10,12H2,1H3/t14-,17+/m0/s1. The van der Waals surface area contributed by atoms with Crippen molar-refractivity contribution in [1.29, 1.82) is 0 Å². The van der Waals surface area contributed by atoms with E-state index in [1.165, 1.54) is 0 Å². The fourth-order valence-corrected chi connectivity index (χ4v) is 4.52. The highest BCUT2D eigenvalue weighted by atomic mass is 32.2. The summed E-state index contributed by atoms with van der Waals surface area (Å²) in [7, 11) is -3.20. The van der Waals surface area contributed by atoms with E-state index in [1.54, 1.807) is 6.92 Å². The monoisotopic (exact) mass is 351 g/mol. The zero-order valence-corrected chi connectivity index (χ0v) is 14.9. The largest absolute Gasteiger partial charge is 0.493 e. The van der Waals surface area contributed by atoms with E-state index < -0.39 is 10.0 Å². The lowest BCUT2D eigenvalue weighted by Crippen LogP contribution is -2.44. The number of carbonyl (C=O) groups is 1. The molecule has 2 aliphatic rings. The Hall–Kier alpha value is -1.40. The molecule has 3 rings (SSSR count). The Bertz CT molecular complexity index is 714. The first-order valence-corrected chi connectivity index (χ1v) is 10.4. The second-order valence-corrected chi connectivity index (χ2v) is 8.77. The minimum absolute atomic E-state index is 0.0558. The maximum Gasteiger partial charge on any atom is 0.211 e. The van der Waals surface area contributed by atoms with E-state index in [2.05, 4.69) is 4.72 Å². The number of carbonyl (C=O) groups excluding carboxylic acids is 1. The lowest BCUT2D eigenvalue weighted by molar-refractivity contribution is 0.0994. The molecule has 0 aliphatic heterocycles. The molecule has 2 atom stereocenters. The lowest BCUT2D eigenvalue weighted by atomic mass is 9.86. The number of ketones is 1. The molecule has 5 nitrogen and oxygen atoms in total. The van der Waals surface area contributed by atoms with Crippen LogP contribution in [0, 0.1) is 5.92 Å². The summed E-state index contributed by atoms with van der Waals surface area (Å²) in [6.45, 7) is 2.13. The molecule has 0 spiro atoms. The fourth-order valence-electron chi connectivity index (χ4n) is 3.59. The summed E-state index contributed by atoms with van der Waals surface area (Å²) in [6.07, 6.45) is 5.36. The maximum atomic E-state index is 11.9. The van der Waals surface area contributed by atoms with Gasteiger partial charge < -0.3 is 4.74 Å². The highest BCUT2D eigenvalue weighted by Crippen LogP contribution is 2.29. The average molecular weight is 351 g/mol. The van der Waals surface area contributed by atoms with E-state index in [9.17, 15) is 13.2 Å². The van der Waals surface area contributed by atoms with Crippen LogP contribution in [-0.4, -0.2) is 32.6 Å². The van der Waals surface area contributed by atoms with Crippen molar-refractivity contribution in [2.45, 2.75) is 51.5 Å². The molecule has 0 bridgehead atoms. The van der Waals surface area contributed by atoms with Crippen LogP contribution >= 0.6 is 0 Å². The van der Waals surface area contributed by atoms with Gasteiger partial charge in [0.25, 0.3) is 0 Å². The molecule has 0 saturated heterocycles. The number of ether oxygens (including phenoxy) is 1. The van der Waals surface area contributed by atoms with Crippen LogP contribution in [0.25, 0.3) is 0 Å². The van der Waals surface area contributed by atoms with Crippen LogP contribution in [-0.2, 0) is 16.4 Å². The molecule has 2 aliphatic carbocycles. The van der Waals surface area contributed by atoms with Crippen LogP contribution < -0.4 is 9.46 Å². The van der Waals surface area contributed by atoms with Crippen molar-refractivity contribution in [3.63, 3.8) is 0 Å². The molecule has 132 valence electrons. The number of hydrogen-bond donors (Lipinski definition) is 1. The Balaban J connectivity index is 1.64. The molecule has 0 amide bonds. The molecule has 24 heavy (non-hydrogen) atoms. The summed E-state index contributed by atoms with van der Waals surface area (Å²) >= 11 is 0. The predicted octanol–water partition coefficient (Wildman–Crippen LogP) is 2.69. The van der Waals surface area contributed by atoms with E-state index in [-0.39, 0.29) is 23.5 Å². The molecule has 1 N–H and O–H groups in total. The Morgan fingerprint density at radius 1 is 1.21 bits per heavy atom. The van der Waals surface area contributed by atoms with Gasteiger partial charge >= 0.3 is 0 Å². The first kappa shape index (κ1) is 17.4. The van der Waals surface area contributed by atoms with Crippen molar-refractivity contribution in [3.05, 3.63) is 29.3 Å². The van der Waals surface area contributed by atoms with Gasteiger partial charge in [0, 0.05) is 23.9 Å². The molecule has 0 heterocycles. The summed E-state index contributed by atoms with van der Waals surface area (Å²) in [5, 5.41) is 0. The molecule has 1 aromatic carbocycles. The van der Waals surface area contributed by atoms with Gasteiger partial charge in [-0.05, 0) is 43.9 Å². The van der Waals surface area contributed by atoms with Crippen LogP contribution in [0.5, 0.6) is 5.75 Å². The lowest BCUT2D eigenvalue weighted by Gasteiger charge is -2.31. The van der Waals surface area contributed by atoms with E-state index >= 15 is 0 Å². The number of sulfonamides is 1. The average Bonchev–Trinajstić information content (AvgIpc) is 2.95. The van der Waals surface area contributed by atoms with Crippen molar-refractivity contribution in [1.82, 2.24) is 4.72 Å². The van der Waals surface area contributed by atoms with Crippen molar-refractivity contribution >= 4 is 15.8 Å². The zero-order chi connectivity index (χ0) is 17.2. The Morgan fingerprint density at radius 2 is 2.00 bits per heavy atom. The number of aryl methyl sites for hydroxylation is 1. The fraction of sp³-hybridized carbons (Fsp3) is 0.611. The van der Waals surface area contributed by atoms with Crippen molar-refractivity contribution in [3.8, 4) is 5.75 Å². The summed E-state index contributed by atoms with van der Waals surface area (Å²) in [4.78, 5) is 11.8. The van der Waals surface area contributed by atoms with Crippen LogP contribution in [0.4, 0.5) is 0 Å². The molecular weight excluding hydrogens is 326 g/mol. The van der Waals surface area contributed by atoms with Gasteiger partial charge in [-0.3, -0.25) is 4.79 Å². The predicted molar refractivity (Wildman–Crippen MR) is 92.9 cm³/mol.